The topological polar surface area (TPSA) is 30.3 Å². The number of hydrogen-bond donors (Lipinski definition) is 0. The monoisotopic (exact) mass is 275 g/mol. The van der Waals surface area contributed by atoms with Crippen molar-refractivity contribution >= 4 is 0 Å². The lowest BCUT2D eigenvalue weighted by molar-refractivity contribution is 0.148. The minimum atomic E-state index is 0.738. The van der Waals surface area contributed by atoms with Crippen LogP contribution in [0.4, 0.5) is 0 Å². The zero-order chi connectivity index (χ0) is 15.4. The maximum absolute atomic E-state index is 8.71. The Morgan fingerprint density at radius 1 is 0.950 bits per heavy atom. The normalized spacial score (nSPS) is 15.2. The zero-order valence-electron chi connectivity index (χ0n) is 13.7. The van der Waals surface area contributed by atoms with Crippen molar-refractivity contribution in [1.82, 2.24) is 9.80 Å². The fourth-order valence-corrected chi connectivity index (χ4v) is 1.95. The van der Waals surface area contributed by atoms with E-state index in [1.54, 1.807) is 0 Å². The highest BCUT2D eigenvalue weighted by Gasteiger charge is 2.13. The molecule has 0 aliphatic carbocycles. The van der Waals surface area contributed by atoms with Crippen molar-refractivity contribution in [3.8, 4) is 6.07 Å². The molecular weight excluding hydrogens is 246 g/mol. The van der Waals surface area contributed by atoms with Gasteiger partial charge in [-0.2, -0.15) is 5.26 Å². The highest BCUT2D eigenvalue weighted by atomic mass is 15.2. The summed E-state index contributed by atoms with van der Waals surface area (Å²) in [6.45, 7) is 13.6. The molecule has 0 bridgehead atoms. The Bertz CT molecular complexity index is 370. The molecule has 3 nitrogen and oxygen atoms in total. The molecule has 0 aromatic heterocycles. The van der Waals surface area contributed by atoms with E-state index in [-0.39, 0.29) is 0 Å². The number of likely N-dealkylation sites (N-methyl/N-ethyl adjacent to an activating group) is 1. The highest BCUT2D eigenvalue weighted by Crippen LogP contribution is 2.09. The Balaban J connectivity index is 0.000000829. The van der Waals surface area contributed by atoms with E-state index in [0.717, 1.165) is 38.3 Å². The summed E-state index contributed by atoms with van der Waals surface area (Å²) in [7, 11) is 2.17. The number of benzene rings is 1. The Morgan fingerprint density at radius 3 is 1.90 bits per heavy atom. The quantitative estimate of drug-likeness (QED) is 0.829. The molecule has 1 heterocycles. The first kappa shape index (κ1) is 18.6. The fourth-order valence-electron chi connectivity index (χ4n) is 1.95. The number of nitrogens with zero attached hydrogens (tertiary/aromatic N) is 3. The second-order valence-electron chi connectivity index (χ2n) is 4.39. The first-order valence-corrected chi connectivity index (χ1v) is 7.68. The SMILES string of the molecule is CC.CC.CN1CCN(Cc2ccc(C#N)cc2)CC1. The maximum atomic E-state index is 8.71. The van der Waals surface area contributed by atoms with Crippen molar-refractivity contribution in [2.75, 3.05) is 33.2 Å². The summed E-state index contributed by atoms with van der Waals surface area (Å²) < 4.78 is 0. The lowest BCUT2D eigenvalue weighted by Gasteiger charge is -2.32. The molecular formula is C17H29N3. The highest BCUT2D eigenvalue weighted by molar-refractivity contribution is 5.31. The number of nitriles is 1. The van der Waals surface area contributed by atoms with Crippen LogP contribution in [0.1, 0.15) is 38.8 Å². The van der Waals surface area contributed by atoms with E-state index >= 15 is 0 Å². The van der Waals surface area contributed by atoms with Crippen molar-refractivity contribution in [2.45, 2.75) is 34.2 Å². The molecule has 1 saturated heterocycles. The molecule has 1 aromatic rings. The van der Waals surface area contributed by atoms with Gasteiger partial charge in [0.1, 0.15) is 0 Å². The van der Waals surface area contributed by atoms with E-state index < -0.39 is 0 Å². The summed E-state index contributed by atoms with van der Waals surface area (Å²) in [5.41, 5.74) is 2.03. The third-order valence-electron chi connectivity index (χ3n) is 3.09. The minimum absolute atomic E-state index is 0.738. The predicted molar refractivity (Wildman–Crippen MR) is 86.6 cm³/mol. The van der Waals surface area contributed by atoms with Gasteiger partial charge < -0.3 is 4.90 Å². The van der Waals surface area contributed by atoms with Crippen LogP contribution in [0.15, 0.2) is 24.3 Å². The molecule has 20 heavy (non-hydrogen) atoms. The summed E-state index contributed by atoms with van der Waals surface area (Å²) in [5, 5.41) is 8.71. The van der Waals surface area contributed by atoms with E-state index in [9.17, 15) is 0 Å². The molecule has 112 valence electrons. The van der Waals surface area contributed by atoms with Gasteiger partial charge in [-0.05, 0) is 24.7 Å². The van der Waals surface area contributed by atoms with Crippen LogP contribution < -0.4 is 0 Å². The largest absolute Gasteiger partial charge is 0.304 e. The van der Waals surface area contributed by atoms with Crippen molar-refractivity contribution in [1.29, 1.82) is 5.26 Å². The van der Waals surface area contributed by atoms with E-state index in [1.165, 1.54) is 5.56 Å². The fraction of sp³-hybridized carbons (Fsp3) is 0.588. The molecule has 0 spiro atoms. The lowest BCUT2D eigenvalue weighted by Crippen LogP contribution is -2.43. The third kappa shape index (κ3) is 6.70. The van der Waals surface area contributed by atoms with Gasteiger partial charge in [-0.25, -0.2) is 0 Å². The molecule has 0 amide bonds. The van der Waals surface area contributed by atoms with E-state index in [0.29, 0.717) is 0 Å². The first-order chi connectivity index (χ1) is 9.78. The van der Waals surface area contributed by atoms with Gasteiger partial charge in [-0.15, -0.1) is 0 Å². The van der Waals surface area contributed by atoms with Crippen LogP contribution in [-0.4, -0.2) is 43.0 Å². The van der Waals surface area contributed by atoms with E-state index in [4.69, 9.17) is 5.26 Å². The molecule has 3 heteroatoms. The maximum Gasteiger partial charge on any atom is 0.0991 e. The van der Waals surface area contributed by atoms with Crippen LogP contribution in [0, 0.1) is 11.3 Å². The third-order valence-corrected chi connectivity index (χ3v) is 3.09. The summed E-state index contributed by atoms with van der Waals surface area (Å²) in [6, 6.07) is 10.0. The molecule has 1 aliphatic rings. The first-order valence-electron chi connectivity index (χ1n) is 7.68. The second kappa shape index (κ2) is 11.5. The molecule has 0 atom stereocenters. The van der Waals surface area contributed by atoms with Crippen LogP contribution >= 0.6 is 0 Å². The number of hydrogen-bond acceptors (Lipinski definition) is 3. The Morgan fingerprint density at radius 2 is 1.45 bits per heavy atom. The smallest absolute Gasteiger partial charge is 0.0991 e. The summed E-state index contributed by atoms with van der Waals surface area (Å²) in [6.07, 6.45) is 0. The number of piperazine rings is 1. The predicted octanol–water partition coefficient (Wildman–Crippen LogP) is 3.36. The summed E-state index contributed by atoms with van der Waals surface area (Å²) >= 11 is 0. The van der Waals surface area contributed by atoms with Crippen LogP contribution in [0.5, 0.6) is 0 Å². The molecule has 0 saturated carbocycles. The van der Waals surface area contributed by atoms with Gasteiger partial charge in [-0.3, -0.25) is 4.90 Å². The zero-order valence-corrected chi connectivity index (χ0v) is 13.7. The minimum Gasteiger partial charge on any atom is -0.304 e. The Hall–Kier alpha value is -1.37. The van der Waals surface area contributed by atoms with Crippen LogP contribution in [0.25, 0.3) is 0 Å². The molecule has 0 radical (unpaired) electrons. The standard InChI is InChI=1S/C13H17N3.2C2H6/c1-15-6-8-16(9-7-15)11-13-4-2-12(10-14)3-5-13;2*1-2/h2-5H,6-9,11H2,1H3;2*1-2H3. The Labute approximate surface area is 124 Å². The average molecular weight is 275 g/mol. The van der Waals surface area contributed by atoms with Gasteiger partial charge in [0.25, 0.3) is 0 Å². The van der Waals surface area contributed by atoms with Gasteiger partial charge in [0.15, 0.2) is 0 Å². The summed E-state index contributed by atoms with van der Waals surface area (Å²) in [5.74, 6) is 0. The van der Waals surface area contributed by atoms with Crippen molar-refractivity contribution < 1.29 is 0 Å². The van der Waals surface area contributed by atoms with Gasteiger partial charge in [-0.1, -0.05) is 39.8 Å². The van der Waals surface area contributed by atoms with Gasteiger partial charge in [0, 0.05) is 32.7 Å². The van der Waals surface area contributed by atoms with Gasteiger partial charge in [0.2, 0.25) is 0 Å². The molecule has 1 aliphatic heterocycles. The van der Waals surface area contributed by atoms with E-state index in [2.05, 4.69) is 35.0 Å². The lowest BCUT2D eigenvalue weighted by atomic mass is 10.1. The van der Waals surface area contributed by atoms with Crippen molar-refractivity contribution in [3.63, 3.8) is 0 Å². The molecule has 0 N–H and O–H groups in total. The van der Waals surface area contributed by atoms with Gasteiger partial charge in [0.05, 0.1) is 11.6 Å². The summed E-state index contributed by atoms with van der Waals surface area (Å²) in [4.78, 5) is 4.82. The van der Waals surface area contributed by atoms with Crippen LogP contribution in [0.3, 0.4) is 0 Å². The average Bonchev–Trinajstić information content (AvgIpc) is 2.54. The van der Waals surface area contributed by atoms with Crippen molar-refractivity contribution in [2.24, 2.45) is 0 Å². The van der Waals surface area contributed by atoms with E-state index in [1.807, 2.05) is 39.8 Å². The number of rotatable bonds is 2. The van der Waals surface area contributed by atoms with Crippen LogP contribution in [0.2, 0.25) is 0 Å². The van der Waals surface area contributed by atoms with Gasteiger partial charge >= 0.3 is 0 Å². The molecule has 0 unspecified atom stereocenters. The van der Waals surface area contributed by atoms with Crippen molar-refractivity contribution in [3.05, 3.63) is 35.4 Å². The second-order valence-corrected chi connectivity index (χ2v) is 4.39. The molecule has 1 aromatic carbocycles. The molecule has 1 fully saturated rings. The molecule has 2 rings (SSSR count). The Kier molecular flexibility index (Phi) is 10.7. The van der Waals surface area contributed by atoms with Crippen LogP contribution in [-0.2, 0) is 6.54 Å².